The SMILES string of the molecule is [Cl-].c1cc2nc3ccc(=[N+]4CCCCC4)cc-3sc2cc1N1CCCCC1. The van der Waals surface area contributed by atoms with E-state index in [9.17, 15) is 0 Å². The summed E-state index contributed by atoms with van der Waals surface area (Å²) in [4.78, 5) is 8.76. The average molecular weight is 400 g/mol. The van der Waals surface area contributed by atoms with Gasteiger partial charge in [0.15, 0.2) is 0 Å². The lowest BCUT2D eigenvalue weighted by atomic mass is 10.1. The second-order valence-corrected chi connectivity index (χ2v) is 8.70. The summed E-state index contributed by atoms with van der Waals surface area (Å²) in [6.07, 6.45) is 8.01. The number of halogens is 1. The molecule has 5 heteroatoms. The van der Waals surface area contributed by atoms with Crippen molar-refractivity contribution in [3.05, 3.63) is 41.8 Å². The highest BCUT2D eigenvalue weighted by atomic mass is 35.5. The van der Waals surface area contributed by atoms with Crippen LogP contribution < -0.4 is 27.2 Å². The number of aromatic nitrogens is 1. The van der Waals surface area contributed by atoms with Gasteiger partial charge in [-0.3, -0.25) is 0 Å². The van der Waals surface area contributed by atoms with E-state index in [1.54, 1.807) is 0 Å². The van der Waals surface area contributed by atoms with E-state index in [2.05, 4.69) is 45.9 Å². The quantitative estimate of drug-likeness (QED) is 0.454. The number of fused-ring (bicyclic) bond motifs is 2. The molecule has 0 unspecified atom stereocenters. The minimum Gasteiger partial charge on any atom is -1.00 e. The monoisotopic (exact) mass is 399 g/mol. The Labute approximate surface area is 171 Å². The van der Waals surface area contributed by atoms with Gasteiger partial charge in [-0.1, -0.05) is 0 Å². The molecule has 5 rings (SSSR count). The largest absolute Gasteiger partial charge is 1.00 e. The average Bonchev–Trinajstić information content (AvgIpc) is 2.73. The van der Waals surface area contributed by atoms with Crippen molar-refractivity contribution in [1.29, 1.82) is 0 Å². The smallest absolute Gasteiger partial charge is 0.201 e. The van der Waals surface area contributed by atoms with Gasteiger partial charge in [0.2, 0.25) is 5.36 Å². The minimum absolute atomic E-state index is 0. The van der Waals surface area contributed by atoms with Gasteiger partial charge in [0, 0.05) is 43.8 Å². The van der Waals surface area contributed by atoms with E-state index in [1.165, 1.54) is 85.3 Å². The lowest BCUT2D eigenvalue weighted by Crippen LogP contribution is -3.00. The molecule has 27 heavy (non-hydrogen) atoms. The summed E-state index contributed by atoms with van der Waals surface area (Å²) in [7, 11) is 0. The van der Waals surface area contributed by atoms with E-state index in [-0.39, 0.29) is 12.4 Å². The van der Waals surface area contributed by atoms with Crippen LogP contribution in [0.4, 0.5) is 5.69 Å². The molecule has 0 N–H and O–H groups in total. The van der Waals surface area contributed by atoms with Crippen LogP contribution in [0.3, 0.4) is 0 Å². The number of hydrogen-bond acceptors (Lipinski definition) is 3. The van der Waals surface area contributed by atoms with Crippen molar-refractivity contribution in [1.82, 2.24) is 9.56 Å². The van der Waals surface area contributed by atoms with E-state index in [4.69, 9.17) is 4.98 Å². The maximum atomic E-state index is 4.92. The fourth-order valence-electron chi connectivity index (χ4n) is 4.30. The molecule has 0 aromatic heterocycles. The van der Waals surface area contributed by atoms with Gasteiger partial charge < -0.3 is 17.3 Å². The van der Waals surface area contributed by atoms with Crippen molar-refractivity contribution in [3.8, 4) is 10.6 Å². The summed E-state index contributed by atoms with van der Waals surface area (Å²) in [6, 6.07) is 13.6. The molecule has 0 atom stereocenters. The third kappa shape index (κ3) is 3.83. The third-order valence-corrected chi connectivity index (χ3v) is 6.88. The first-order valence-corrected chi connectivity index (χ1v) is 10.9. The first kappa shape index (κ1) is 18.7. The molecule has 3 aliphatic heterocycles. The Morgan fingerprint density at radius 2 is 1.63 bits per heavy atom. The summed E-state index contributed by atoms with van der Waals surface area (Å²) in [5, 5.41) is 1.36. The van der Waals surface area contributed by atoms with Gasteiger partial charge in [-0.25, -0.2) is 9.56 Å². The second kappa shape index (κ2) is 8.15. The molecule has 0 bridgehead atoms. The number of anilines is 1. The molecule has 142 valence electrons. The molecular formula is C22H26ClN3S. The standard InChI is InChI=1S/C22H26N3S.ClH/c1-3-11-24(12-4-1)17-7-9-19-21(15-17)26-22-16-18(8-10-20(22)23-19)25-13-5-2-6-14-25;/h7-10,15-16H,1-6,11-14H2;1H/q+1;/p-1. The van der Waals surface area contributed by atoms with Crippen LogP contribution in [0.15, 0.2) is 36.4 Å². The van der Waals surface area contributed by atoms with Gasteiger partial charge in [0.25, 0.3) is 0 Å². The summed E-state index contributed by atoms with van der Waals surface area (Å²) in [5.41, 5.74) is 3.60. The first-order chi connectivity index (χ1) is 12.9. The molecule has 2 saturated heterocycles. The zero-order valence-corrected chi connectivity index (χ0v) is 17.2. The van der Waals surface area contributed by atoms with Gasteiger partial charge in [-0.15, -0.1) is 11.3 Å². The Morgan fingerprint density at radius 3 is 2.44 bits per heavy atom. The van der Waals surface area contributed by atoms with Crippen LogP contribution in [0.2, 0.25) is 0 Å². The van der Waals surface area contributed by atoms with Gasteiger partial charge in [-0.05, 0) is 49.9 Å². The highest BCUT2D eigenvalue weighted by Crippen LogP contribution is 2.32. The number of nitrogens with zero attached hydrogens (tertiary/aromatic N) is 3. The second-order valence-electron chi connectivity index (χ2n) is 7.61. The minimum atomic E-state index is 0. The molecule has 1 aliphatic carbocycles. The maximum Gasteiger partial charge on any atom is 0.201 e. The summed E-state index contributed by atoms with van der Waals surface area (Å²) in [5.74, 6) is 0. The number of benzene rings is 2. The molecule has 3 nitrogen and oxygen atoms in total. The van der Waals surface area contributed by atoms with Gasteiger partial charge in [-0.2, -0.15) is 0 Å². The third-order valence-electron chi connectivity index (χ3n) is 5.79. The maximum absolute atomic E-state index is 4.92. The molecule has 0 amide bonds. The molecule has 2 fully saturated rings. The number of hydrogen-bond donors (Lipinski definition) is 0. The number of piperidine rings is 2. The van der Waals surface area contributed by atoms with Crippen molar-refractivity contribution in [2.75, 3.05) is 31.1 Å². The topological polar surface area (TPSA) is 19.1 Å². The van der Waals surface area contributed by atoms with Crippen molar-refractivity contribution >= 4 is 27.2 Å². The van der Waals surface area contributed by atoms with E-state index in [1.807, 2.05) is 11.3 Å². The van der Waals surface area contributed by atoms with Gasteiger partial charge in [0.05, 0.1) is 20.8 Å². The molecule has 3 heterocycles. The molecule has 0 radical (unpaired) electrons. The van der Waals surface area contributed by atoms with E-state index in [0.717, 1.165) is 11.2 Å². The predicted molar refractivity (Wildman–Crippen MR) is 111 cm³/mol. The Bertz CT molecular complexity index is 967. The Balaban J connectivity index is 0.00000180. The van der Waals surface area contributed by atoms with Crippen molar-refractivity contribution in [2.45, 2.75) is 38.5 Å². The van der Waals surface area contributed by atoms with Crippen molar-refractivity contribution in [3.63, 3.8) is 0 Å². The lowest BCUT2D eigenvalue weighted by molar-refractivity contribution is -0.00000514. The van der Waals surface area contributed by atoms with Crippen molar-refractivity contribution < 1.29 is 12.4 Å². The molecule has 4 aliphatic rings. The summed E-state index contributed by atoms with van der Waals surface area (Å²) >= 11 is 1.89. The van der Waals surface area contributed by atoms with Crippen molar-refractivity contribution in [2.24, 2.45) is 0 Å². The van der Waals surface area contributed by atoms with Crippen LogP contribution in [0.25, 0.3) is 20.8 Å². The Morgan fingerprint density at radius 1 is 0.852 bits per heavy atom. The molecular weight excluding hydrogens is 374 g/mol. The van der Waals surface area contributed by atoms with E-state index in [0.29, 0.717) is 0 Å². The fraction of sp³-hybridized carbons (Fsp3) is 0.455. The fourth-order valence-corrected chi connectivity index (χ4v) is 5.33. The van der Waals surface area contributed by atoms with Crippen LogP contribution >= 0.6 is 11.3 Å². The summed E-state index contributed by atoms with van der Waals surface area (Å²) in [6.45, 7) is 4.76. The van der Waals surface area contributed by atoms with Crippen LogP contribution in [-0.2, 0) is 0 Å². The van der Waals surface area contributed by atoms with Gasteiger partial charge >= 0.3 is 0 Å². The Kier molecular flexibility index (Phi) is 5.65. The molecule has 0 saturated carbocycles. The zero-order valence-electron chi connectivity index (χ0n) is 15.7. The highest BCUT2D eigenvalue weighted by molar-refractivity contribution is 7.21. The van der Waals surface area contributed by atoms with Crippen LogP contribution in [0, 0.1) is 0 Å². The predicted octanol–water partition coefficient (Wildman–Crippen LogP) is 1.35. The lowest BCUT2D eigenvalue weighted by Gasteiger charge is -2.28. The van der Waals surface area contributed by atoms with Crippen LogP contribution in [-0.4, -0.2) is 31.2 Å². The number of rotatable bonds is 1. The van der Waals surface area contributed by atoms with Gasteiger partial charge in [0.1, 0.15) is 13.1 Å². The zero-order chi connectivity index (χ0) is 17.3. The molecule has 1 aromatic rings. The normalized spacial score (nSPS) is 17.9. The molecule has 1 aromatic carbocycles. The van der Waals surface area contributed by atoms with Crippen LogP contribution in [0.1, 0.15) is 38.5 Å². The summed E-state index contributed by atoms with van der Waals surface area (Å²) < 4.78 is 3.83. The molecule has 0 spiro atoms. The van der Waals surface area contributed by atoms with E-state index < -0.39 is 0 Å². The Hall–Kier alpha value is -1.65. The van der Waals surface area contributed by atoms with Crippen LogP contribution in [0.5, 0.6) is 0 Å². The van der Waals surface area contributed by atoms with E-state index >= 15 is 0 Å². The highest BCUT2D eigenvalue weighted by Gasteiger charge is 2.15. The first-order valence-electron chi connectivity index (χ1n) is 10.0.